The number of piperidine rings is 1. The number of ether oxygens (including phenoxy) is 2. The van der Waals surface area contributed by atoms with Crippen molar-refractivity contribution in [2.24, 2.45) is 0 Å². The summed E-state index contributed by atoms with van der Waals surface area (Å²) >= 11 is 7.63. The lowest BCUT2D eigenvalue weighted by molar-refractivity contribution is -0.131. The summed E-state index contributed by atoms with van der Waals surface area (Å²) in [6.07, 6.45) is 1.06. The SMILES string of the molecule is CC(C)OC(=O)OCSC1CCN(Cc2ccccc2Cl)C/C1=C\C(=O)O. The van der Waals surface area contributed by atoms with Crippen molar-refractivity contribution in [2.45, 2.75) is 38.2 Å². The predicted molar refractivity (Wildman–Crippen MR) is 106 cm³/mol. The van der Waals surface area contributed by atoms with Gasteiger partial charge in [0.1, 0.15) is 5.94 Å². The molecule has 1 aromatic rings. The number of carbonyl (C=O) groups excluding carboxylic acids is 1. The summed E-state index contributed by atoms with van der Waals surface area (Å²) in [5.41, 5.74) is 1.81. The van der Waals surface area contributed by atoms with Crippen LogP contribution in [0.2, 0.25) is 5.02 Å². The van der Waals surface area contributed by atoms with Gasteiger partial charge < -0.3 is 14.6 Å². The van der Waals surface area contributed by atoms with Crippen LogP contribution in [-0.4, -0.2) is 52.5 Å². The van der Waals surface area contributed by atoms with Crippen LogP contribution in [0.5, 0.6) is 0 Å². The first-order chi connectivity index (χ1) is 12.8. The summed E-state index contributed by atoms with van der Waals surface area (Å²) in [6.45, 7) is 5.49. The second-order valence-electron chi connectivity index (χ2n) is 6.48. The summed E-state index contributed by atoms with van der Waals surface area (Å²) in [6, 6.07) is 7.64. The van der Waals surface area contributed by atoms with Gasteiger partial charge >= 0.3 is 12.1 Å². The highest BCUT2D eigenvalue weighted by Crippen LogP contribution is 2.29. The molecule has 148 valence electrons. The van der Waals surface area contributed by atoms with Crippen molar-refractivity contribution in [1.82, 2.24) is 4.90 Å². The molecule has 1 atom stereocenters. The van der Waals surface area contributed by atoms with Crippen molar-refractivity contribution < 1.29 is 24.2 Å². The van der Waals surface area contributed by atoms with E-state index in [9.17, 15) is 14.7 Å². The Balaban J connectivity index is 1.93. The van der Waals surface area contributed by atoms with E-state index in [0.717, 1.165) is 24.1 Å². The molecule has 1 N–H and O–H groups in total. The minimum absolute atomic E-state index is 0.0181. The normalized spacial score (nSPS) is 19.3. The van der Waals surface area contributed by atoms with Crippen LogP contribution >= 0.6 is 23.4 Å². The third-order valence-corrected chi connectivity index (χ3v) is 5.53. The number of halogens is 1. The molecule has 0 radical (unpaired) electrons. The first-order valence-corrected chi connectivity index (χ1v) is 10.1. The van der Waals surface area contributed by atoms with Gasteiger partial charge in [-0.2, -0.15) is 0 Å². The summed E-state index contributed by atoms with van der Waals surface area (Å²) in [5.74, 6) is -0.854. The smallest absolute Gasteiger partial charge is 0.478 e. The average molecular weight is 414 g/mol. The molecule has 1 unspecified atom stereocenters. The molecule has 1 fully saturated rings. The van der Waals surface area contributed by atoms with E-state index < -0.39 is 12.1 Å². The van der Waals surface area contributed by atoms with Crippen molar-refractivity contribution in [3.63, 3.8) is 0 Å². The fourth-order valence-electron chi connectivity index (χ4n) is 2.81. The number of hydrogen-bond donors (Lipinski definition) is 1. The van der Waals surface area contributed by atoms with Gasteiger partial charge in [0.25, 0.3) is 0 Å². The minimum Gasteiger partial charge on any atom is -0.478 e. The molecule has 0 aromatic heterocycles. The number of likely N-dealkylation sites (tertiary alicyclic amines) is 1. The van der Waals surface area contributed by atoms with Crippen LogP contribution in [0, 0.1) is 0 Å². The largest absolute Gasteiger partial charge is 0.509 e. The Hall–Kier alpha value is -1.70. The zero-order chi connectivity index (χ0) is 19.8. The van der Waals surface area contributed by atoms with Crippen molar-refractivity contribution in [3.8, 4) is 0 Å². The number of thioether (sulfide) groups is 1. The number of hydrogen-bond acceptors (Lipinski definition) is 6. The van der Waals surface area contributed by atoms with Gasteiger partial charge in [-0.05, 0) is 37.5 Å². The van der Waals surface area contributed by atoms with E-state index in [0.29, 0.717) is 18.1 Å². The van der Waals surface area contributed by atoms with Gasteiger partial charge in [-0.3, -0.25) is 4.90 Å². The molecule has 0 saturated carbocycles. The molecule has 1 aromatic carbocycles. The van der Waals surface area contributed by atoms with Gasteiger partial charge in [-0.15, -0.1) is 11.8 Å². The number of carbonyl (C=O) groups is 2. The number of rotatable bonds is 7. The zero-order valence-corrected chi connectivity index (χ0v) is 17.0. The fourth-order valence-corrected chi connectivity index (χ4v) is 3.96. The first kappa shape index (κ1) is 21.6. The maximum atomic E-state index is 11.5. The van der Waals surface area contributed by atoms with Gasteiger partial charge in [-0.1, -0.05) is 29.8 Å². The van der Waals surface area contributed by atoms with Crippen molar-refractivity contribution in [2.75, 3.05) is 19.0 Å². The van der Waals surface area contributed by atoms with Crippen LogP contribution in [-0.2, 0) is 20.8 Å². The lowest BCUT2D eigenvalue weighted by Gasteiger charge is -2.34. The van der Waals surface area contributed by atoms with Crippen LogP contribution in [0.15, 0.2) is 35.9 Å². The summed E-state index contributed by atoms with van der Waals surface area (Å²) in [7, 11) is 0. The molecule has 1 aliphatic heterocycles. The number of carboxylic acid groups (broad SMARTS) is 1. The molecule has 1 aliphatic rings. The maximum absolute atomic E-state index is 11.5. The molecule has 0 bridgehead atoms. The number of nitrogens with zero attached hydrogens (tertiary/aromatic N) is 1. The van der Waals surface area contributed by atoms with Gasteiger partial charge in [0.15, 0.2) is 0 Å². The zero-order valence-electron chi connectivity index (χ0n) is 15.4. The third-order valence-electron chi connectivity index (χ3n) is 3.97. The van der Waals surface area contributed by atoms with Crippen LogP contribution < -0.4 is 0 Å². The van der Waals surface area contributed by atoms with E-state index in [1.807, 2.05) is 24.3 Å². The molecule has 8 heteroatoms. The highest BCUT2D eigenvalue weighted by Gasteiger charge is 2.26. The van der Waals surface area contributed by atoms with Crippen molar-refractivity contribution in [3.05, 3.63) is 46.5 Å². The van der Waals surface area contributed by atoms with E-state index in [2.05, 4.69) is 4.90 Å². The van der Waals surface area contributed by atoms with Crippen LogP contribution in [0.1, 0.15) is 25.8 Å². The minimum atomic E-state index is -0.977. The van der Waals surface area contributed by atoms with Crippen LogP contribution in [0.3, 0.4) is 0 Å². The molecule has 0 spiro atoms. The highest BCUT2D eigenvalue weighted by molar-refractivity contribution is 7.99. The van der Waals surface area contributed by atoms with Crippen LogP contribution in [0.25, 0.3) is 0 Å². The van der Waals surface area contributed by atoms with Gasteiger partial charge in [0.2, 0.25) is 0 Å². The molecule has 0 amide bonds. The molecular weight excluding hydrogens is 390 g/mol. The number of benzene rings is 1. The molecule has 2 rings (SSSR count). The Morgan fingerprint density at radius 1 is 1.41 bits per heavy atom. The van der Waals surface area contributed by atoms with Crippen molar-refractivity contribution in [1.29, 1.82) is 0 Å². The van der Waals surface area contributed by atoms with Gasteiger partial charge in [-0.25, -0.2) is 9.59 Å². The Labute approximate surface area is 168 Å². The Morgan fingerprint density at radius 3 is 2.81 bits per heavy atom. The van der Waals surface area contributed by atoms with E-state index in [4.69, 9.17) is 21.1 Å². The number of aliphatic carboxylic acids is 1. The second kappa shape index (κ2) is 10.6. The average Bonchev–Trinajstić information content (AvgIpc) is 2.57. The fraction of sp³-hybridized carbons (Fsp3) is 0.474. The molecule has 0 aliphatic carbocycles. The van der Waals surface area contributed by atoms with E-state index in [-0.39, 0.29) is 17.3 Å². The van der Waals surface area contributed by atoms with E-state index >= 15 is 0 Å². The molecule has 1 heterocycles. The second-order valence-corrected chi connectivity index (χ2v) is 8.03. The topological polar surface area (TPSA) is 76.1 Å². The summed E-state index contributed by atoms with van der Waals surface area (Å²) in [5, 5.41) is 9.87. The first-order valence-electron chi connectivity index (χ1n) is 8.69. The molecule has 6 nitrogen and oxygen atoms in total. The molecule has 27 heavy (non-hydrogen) atoms. The Morgan fingerprint density at radius 2 is 2.15 bits per heavy atom. The molecule has 1 saturated heterocycles. The third kappa shape index (κ3) is 7.44. The molecular formula is C19H24ClNO5S. The maximum Gasteiger partial charge on any atom is 0.509 e. The standard InChI is InChI=1S/C19H24ClNO5S/c1-13(2)26-19(24)25-12-27-17-7-8-21(11-15(17)9-18(22)23)10-14-5-3-4-6-16(14)20/h3-6,9,13,17H,7-8,10-12H2,1-2H3,(H,22,23)/b15-9+. The quantitative estimate of drug-likeness (QED) is 0.408. The Kier molecular flexibility index (Phi) is 8.47. The van der Waals surface area contributed by atoms with E-state index in [1.54, 1.807) is 13.8 Å². The van der Waals surface area contributed by atoms with Crippen LogP contribution in [0.4, 0.5) is 4.79 Å². The lowest BCUT2D eigenvalue weighted by atomic mass is 10.0. The summed E-state index contributed by atoms with van der Waals surface area (Å²) in [4.78, 5) is 24.8. The van der Waals surface area contributed by atoms with E-state index in [1.165, 1.54) is 17.8 Å². The monoisotopic (exact) mass is 413 g/mol. The van der Waals surface area contributed by atoms with Gasteiger partial charge in [0, 0.05) is 36.0 Å². The van der Waals surface area contributed by atoms with Crippen molar-refractivity contribution >= 4 is 35.5 Å². The summed E-state index contributed by atoms with van der Waals surface area (Å²) < 4.78 is 9.96. The lowest BCUT2D eigenvalue weighted by Crippen LogP contribution is -2.37. The van der Waals surface area contributed by atoms with Gasteiger partial charge in [0.05, 0.1) is 6.10 Å². The number of carboxylic acids is 1. The Bertz CT molecular complexity index is 694. The predicted octanol–water partition coefficient (Wildman–Crippen LogP) is 4.18. The highest BCUT2D eigenvalue weighted by atomic mass is 35.5.